The van der Waals surface area contributed by atoms with Gasteiger partial charge in [-0.05, 0) is 23.8 Å². The molecule has 5 rings (SSSR count). The maximum Gasteiger partial charge on any atom is 0.301 e. The number of hydrogen-bond acceptors (Lipinski definition) is 9. The van der Waals surface area contributed by atoms with E-state index in [1.54, 1.807) is 23.6 Å². The molecule has 3 aromatic rings. The van der Waals surface area contributed by atoms with Gasteiger partial charge >= 0.3 is 5.91 Å². The molecule has 0 saturated carbocycles. The molecule has 11 heteroatoms. The van der Waals surface area contributed by atoms with Gasteiger partial charge in [0.2, 0.25) is 0 Å². The molecule has 166 valence electrons. The highest BCUT2D eigenvalue weighted by Crippen LogP contribution is 2.44. The highest BCUT2D eigenvalue weighted by molar-refractivity contribution is 7.14. The topological polar surface area (TPSA) is 132 Å². The first-order valence-corrected chi connectivity index (χ1v) is 10.7. The fraction of sp³-hybridized carbons (Fsp3) is 0.136. The second kappa shape index (κ2) is 8.02. The van der Waals surface area contributed by atoms with E-state index in [0.29, 0.717) is 24.7 Å². The molecule has 0 aliphatic carbocycles. The van der Waals surface area contributed by atoms with Crippen LogP contribution in [0.2, 0.25) is 0 Å². The van der Waals surface area contributed by atoms with Crippen LogP contribution in [0.15, 0.2) is 59.6 Å². The van der Waals surface area contributed by atoms with Gasteiger partial charge in [-0.15, -0.1) is 11.3 Å². The molecule has 3 heterocycles. The third-order valence-corrected chi connectivity index (χ3v) is 6.05. The first-order chi connectivity index (χ1) is 16.0. The largest absolute Gasteiger partial charge is 0.507 e. The molecule has 1 atom stereocenters. The number of hydrogen-bond donors (Lipinski definition) is 1. The summed E-state index contributed by atoms with van der Waals surface area (Å²) < 4.78 is 11.0. The Kier molecular flexibility index (Phi) is 5.02. The monoisotopic (exact) mass is 465 g/mol. The number of carbonyl (C=O) groups is 2. The van der Waals surface area contributed by atoms with E-state index in [1.807, 2.05) is 0 Å². The molecule has 1 saturated heterocycles. The lowest BCUT2D eigenvalue weighted by Gasteiger charge is -2.23. The molecule has 1 fully saturated rings. The lowest BCUT2D eigenvalue weighted by molar-refractivity contribution is -0.384. The average molecular weight is 465 g/mol. The number of anilines is 1. The smallest absolute Gasteiger partial charge is 0.301 e. The van der Waals surface area contributed by atoms with Crippen LogP contribution < -0.4 is 14.4 Å². The maximum absolute atomic E-state index is 13.1. The van der Waals surface area contributed by atoms with Gasteiger partial charge in [0, 0.05) is 29.3 Å². The van der Waals surface area contributed by atoms with Crippen molar-refractivity contribution in [2.75, 3.05) is 18.1 Å². The first kappa shape index (κ1) is 20.6. The summed E-state index contributed by atoms with van der Waals surface area (Å²) in [6.07, 6.45) is 1.48. The van der Waals surface area contributed by atoms with Gasteiger partial charge in [-0.3, -0.25) is 24.6 Å². The summed E-state index contributed by atoms with van der Waals surface area (Å²) in [5, 5.41) is 24.4. The predicted molar refractivity (Wildman–Crippen MR) is 117 cm³/mol. The highest BCUT2D eigenvalue weighted by Gasteiger charge is 2.48. The molecule has 1 unspecified atom stereocenters. The SMILES string of the molecule is O=C1C(=O)N(c2nccs2)C(c2cccc([N+](=O)[O-])c2)C1=C(O)c1ccc2c(c1)OCCO2. The maximum atomic E-state index is 13.1. The molecular weight excluding hydrogens is 450 g/mol. The Morgan fingerprint density at radius 3 is 2.67 bits per heavy atom. The van der Waals surface area contributed by atoms with E-state index in [2.05, 4.69) is 4.98 Å². The zero-order chi connectivity index (χ0) is 23.1. The van der Waals surface area contributed by atoms with E-state index in [4.69, 9.17) is 9.47 Å². The standard InChI is InChI=1S/C22H15N3O7S/c26-19(13-4-5-15-16(11-13)32-8-7-31-15)17-18(12-2-1-3-14(10-12)25(29)30)24(21(28)20(17)27)22-23-6-9-33-22/h1-6,9-11,18,26H,7-8H2. The molecule has 2 aliphatic heterocycles. The number of nitro groups is 1. The number of nitrogens with zero attached hydrogens (tertiary/aromatic N) is 3. The Bertz CT molecular complexity index is 1320. The van der Waals surface area contributed by atoms with E-state index < -0.39 is 28.4 Å². The minimum absolute atomic E-state index is 0.202. The van der Waals surface area contributed by atoms with E-state index in [9.17, 15) is 24.8 Å². The summed E-state index contributed by atoms with van der Waals surface area (Å²) >= 11 is 1.13. The van der Waals surface area contributed by atoms with Crippen LogP contribution >= 0.6 is 11.3 Å². The summed E-state index contributed by atoms with van der Waals surface area (Å²) in [6, 6.07) is 9.15. The van der Waals surface area contributed by atoms with Crippen LogP contribution in [0.3, 0.4) is 0 Å². The number of amides is 1. The molecule has 2 aromatic carbocycles. The molecule has 1 N–H and O–H groups in total. The Hall–Kier alpha value is -4.25. The van der Waals surface area contributed by atoms with Crippen molar-refractivity contribution in [1.82, 2.24) is 4.98 Å². The van der Waals surface area contributed by atoms with Crippen molar-refractivity contribution < 1.29 is 29.1 Å². The summed E-state index contributed by atoms with van der Waals surface area (Å²) in [5.74, 6) is -1.35. The second-order valence-electron chi connectivity index (χ2n) is 7.19. The van der Waals surface area contributed by atoms with Gasteiger partial charge < -0.3 is 14.6 Å². The molecule has 2 aliphatic rings. The molecule has 0 radical (unpaired) electrons. The van der Waals surface area contributed by atoms with Crippen LogP contribution in [-0.2, 0) is 9.59 Å². The number of carbonyl (C=O) groups excluding carboxylic acids is 2. The van der Waals surface area contributed by atoms with Gasteiger partial charge in [0.1, 0.15) is 19.0 Å². The van der Waals surface area contributed by atoms with Gasteiger partial charge in [0.15, 0.2) is 16.6 Å². The van der Waals surface area contributed by atoms with Gasteiger partial charge in [0.25, 0.3) is 11.5 Å². The molecule has 0 bridgehead atoms. The molecule has 1 amide bonds. The molecular formula is C22H15N3O7S. The van der Waals surface area contributed by atoms with Crippen LogP contribution in [0.1, 0.15) is 17.2 Å². The lowest BCUT2D eigenvalue weighted by Crippen LogP contribution is -2.29. The molecule has 1 aromatic heterocycles. The van der Waals surface area contributed by atoms with Crippen molar-refractivity contribution in [1.29, 1.82) is 0 Å². The fourth-order valence-electron chi connectivity index (χ4n) is 3.83. The van der Waals surface area contributed by atoms with Crippen LogP contribution in [0.4, 0.5) is 10.8 Å². The minimum atomic E-state index is -1.11. The van der Waals surface area contributed by atoms with Gasteiger partial charge in [-0.2, -0.15) is 0 Å². The summed E-state index contributed by atoms with van der Waals surface area (Å²) in [7, 11) is 0. The second-order valence-corrected chi connectivity index (χ2v) is 8.07. The Labute approximate surface area is 190 Å². The van der Waals surface area contributed by atoms with E-state index in [1.165, 1.54) is 30.5 Å². The van der Waals surface area contributed by atoms with E-state index in [-0.39, 0.29) is 27.5 Å². The minimum Gasteiger partial charge on any atom is -0.507 e. The van der Waals surface area contributed by atoms with Crippen LogP contribution in [0.5, 0.6) is 11.5 Å². The number of ether oxygens (including phenoxy) is 2. The summed E-state index contributed by atoms with van der Waals surface area (Å²) in [4.78, 5) is 42.2. The fourth-order valence-corrected chi connectivity index (χ4v) is 4.50. The molecule has 0 spiro atoms. The van der Waals surface area contributed by atoms with Crippen LogP contribution in [0, 0.1) is 10.1 Å². The number of benzene rings is 2. The third kappa shape index (κ3) is 3.48. The van der Waals surface area contributed by atoms with Gasteiger partial charge in [-0.1, -0.05) is 12.1 Å². The number of thiazole rings is 1. The summed E-state index contributed by atoms with van der Waals surface area (Å²) in [6.45, 7) is 0.726. The van der Waals surface area contributed by atoms with Gasteiger partial charge in [0.05, 0.1) is 16.5 Å². The van der Waals surface area contributed by atoms with Crippen molar-refractivity contribution in [2.24, 2.45) is 0 Å². The normalized spacial score (nSPS) is 19.0. The lowest BCUT2D eigenvalue weighted by atomic mass is 9.95. The quantitative estimate of drug-likeness (QED) is 0.204. The van der Waals surface area contributed by atoms with Crippen molar-refractivity contribution in [2.45, 2.75) is 6.04 Å². The van der Waals surface area contributed by atoms with Gasteiger partial charge in [-0.25, -0.2) is 4.98 Å². The number of aromatic nitrogens is 1. The number of rotatable bonds is 4. The van der Waals surface area contributed by atoms with Crippen LogP contribution in [-0.4, -0.2) is 39.9 Å². The Balaban J connectivity index is 1.70. The number of non-ortho nitro benzene ring substituents is 1. The summed E-state index contributed by atoms with van der Waals surface area (Å²) in [5.41, 5.74) is 0.119. The van der Waals surface area contributed by atoms with Crippen molar-refractivity contribution in [3.8, 4) is 11.5 Å². The number of fused-ring (bicyclic) bond motifs is 1. The Morgan fingerprint density at radius 2 is 1.94 bits per heavy atom. The number of nitro benzene ring substituents is 1. The molecule has 33 heavy (non-hydrogen) atoms. The van der Waals surface area contributed by atoms with Crippen molar-refractivity contribution in [3.63, 3.8) is 0 Å². The van der Waals surface area contributed by atoms with Crippen molar-refractivity contribution >= 4 is 39.6 Å². The average Bonchev–Trinajstić information content (AvgIpc) is 3.45. The zero-order valence-corrected chi connectivity index (χ0v) is 17.7. The highest BCUT2D eigenvalue weighted by atomic mass is 32.1. The zero-order valence-electron chi connectivity index (χ0n) is 16.8. The predicted octanol–water partition coefficient (Wildman–Crippen LogP) is 3.45. The number of Topliss-reactive ketones (excluding diaryl/α,β-unsaturated/α-hetero) is 1. The number of aliphatic hydroxyl groups is 1. The number of aliphatic hydroxyl groups excluding tert-OH is 1. The molecule has 10 nitrogen and oxygen atoms in total. The third-order valence-electron chi connectivity index (χ3n) is 5.28. The van der Waals surface area contributed by atoms with E-state index >= 15 is 0 Å². The first-order valence-electron chi connectivity index (χ1n) is 9.80. The van der Waals surface area contributed by atoms with Crippen molar-refractivity contribution in [3.05, 3.63) is 80.9 Å². The number of ketones is 1. The van der Waals surface area contributed by atoms with Crippen LogP contribution in [0.25, 0.3) is 5.76 Å². The van der Waals surface area contributed by atoms with E-state index in [0.717, 1.165) is 16.2 Å². The Morgan fingerprint density at radius 1 is 1.15 bits per heavy atom.